The molecule has 22 heavy (non-hydrogen) atoms. The molecule has 3 heteroatoms. The minimum absolute atomic E-state index is 0.0780. The minimum atomic E-state index is -0.360. The van der Waals surface area contributed by atoms with Crippen molar-refractivity contribution in [1.82, 2.24) is 0 Å². The van der Waals surface area contributed by atoms with Crippen LogP contribution in [0, 0.1) is 12.8 Å². The zero-order chi connectivity index (χ0) is 16.3. The van der Waals surface area contributed by atoms with E-state index in [0.717, 1.165) is 19.4 Å². The maximum Gasteiger partial charge on any atom is 0.306 e. The first kappa shape index (κ1) is 17.0. The van der Waals surface area contributed by atoms with Crippen molar-refractivity contribution in [3.05, 3.63) is 35.4 Å². The van der Waals surface area contributed by atoms with Crippen molar-refractivity contribution in [2.45, 2.75) is 58.6 Å². The number of carbonyl (C=O) groups is 1. The van der Waals surface area contributed by atoms with Gasteiger partial charge in [-0.25, -0.2) is 0 Å². The van der Waals surface area contributed by atoms with Gasteiger partial charge in [0, 0.05) is 25.2 Å². The third-order valence-corrected chi connectivity index (χ3v) is 5.25. The minimum Gasteiger partial charge on any atom is -0.458 e. The van der Waals surface area contributed by atoms with Crippen LogP contribution in [0.4, 0.5) is 0 Å². The van der Waals surface area contributed by atoms with Gasteiger partial charge in [0.25, 0.3) is 0 Å². The topological polar surface area (TPSA) is 30.7 Å². The van der Waals surface area contributed by atoms with Gasteiger partial charge in [-0.1, -0.05) is 43.7 Å². The second kappa shape index (κ2) is 6.82. The Labute approximate surface area is 134 Å². The molecule has 0 amide bonds. The molecule has 1 aliphatic heterocycles. The van der Waals surface area contributed by atoms with Crippen molar-refractivity contribution in [1.29, 1.82) is 0 Å². The molecule has 1 fully saturated rings. The van der Waals surface area contributed by atoms with Crippen molar-refractivity contribution in [3.63, 3.8) is 0 Å². The predicted molar refractivity (Wildman–Crippen MR) is 89.0 cm³/mol. The molecule has 1 aromatic rings. The van der Waals surface area contributed by atoms with Crippen LogP contribution in [-0.2, 0) is 16.0 Å². The van der Waals surface area contributed by atoms with Crippen molar-refractivity contribution in [2.75, 3.05) is 13.6 Å². The Morgan fingerprint density at radius 3 is 2.55 bits per heavy atom. The number of hydrogen-bond donors (Lipinski definition) is 1. The van der Waals surface area contributed by atoms with Gasteiger partial charge in [-0.05, 0) is 19.4 Å². The van der Waals surface area contributed by atoms with Crippen LogP contribution in [0.1, 0.15) is 44.7 Å². The van der Waals surface area contributed by atoms with E-state index in [1.165, 1.54) is 16.0 Å². The van der Waals surface area contributed by atoms with E-state index in [1.807, 2.05) is 6.92 Å². The van der Waals surface area contributed by atoms with E-state index in [-0.39, 0.29) is 11.6 Å². The van der Waals surface area contributed by atoms with Crippen LogP contribution >= 0.6 is 0 Å². The zero-order valence-electron chi connectivity index (χ0n) is 14.6. The number of ether oxygens (including phenoxy) is 1. The number of carbonyl (C=O) groups excluding carboxylic acids is 1. The van der Waals surface area contributed by atoms with Crippen LogP contribution in [0.2, 0.25) is 0 Å². The number of piperidine rings is 1. The van der Waals surface area contributed by atoms with Gasteiger partial charge in [0.2, 0.25) is 0 Å². The number of hydrogen-bond acceptors (Lipinski definition) is 2. The van der Waals surface area contributed by atoms with E-state index >= 15 is 0 Å². The lowest BCUT2D eigenvalue weighted by Crippen LogP contribution is -3.15. The van der Waals surface area contributed by atoms with Crippen LogP contribution in [0.25, 0.3) is 0 Å². The molecule has 0 spiro atoms. The second-order valence-corrected chi connectivity index (χ2v) is 7.11. The van der Waals surface area contributed by atoms with Gasteiger partial charge in [0.15, 0.2) is 0 Å². The molecule has 1 unspecified atom stereocenters. The van der Waals surface area contributed by atoms with E-state index in [0.29, 0.717) is 18.4 Å². The predicted octanol–water partition coefficient (Wildman–Crippen LogP) is 2.17. The van der Waals surface area contributed by atoms with Crippen molar-refractivity contribution < 1.29 is 14.4 Å². The van der Waals surface area contributed by atoms with Gasteiger partial charge in [-0.15, -0.1) is 0 Å². The maximum absolute atomic E-state index is 12.0. The Morgan fingerprint density at radius 1 is 1.32 bits per heavy atom. The van der Waals surface area contributed by atoms with Crippen molar-refractivity contribution >= 4 is 5.97 Å². The molecule has 0 aliphatic carbocycles. The van der Waals surface area contributed by atoms with E-state index in [1.54, 1.807) is 0 Å². The van der Waals surface area contributed by atoms with Crippen LogP contribution in [-0.4, -0.2) is 31.2 Å². The molecule has 1 N–H and O–H groups in total. The van der Waals surface area contributed by atoms with E-state index in [2.05, 4.69) is 52.1 Å². The Kier molecular flexibility index (Phi) is 5.28. The quantitative estimate of drug-likeness (QED) is 0.864. The average Bonchev–Trinajstić information content (AvgIpc) is 2.47. The molecule has 122 valence electrons. The summed E-state index contributed by atoms with van der Waals surface area (Å²) in [6.07, 6.45) is 2.19. The third-order valence-electron chi connectivity index (χ3n) is 5.25. The normalized spacial score (nSPS) is 31.8. The van der Waals surface area contributed by atoms with Crippen LogP contribution in [0.15, 0.2) is 24.3 Å². The molecular formula is C19H30NO2+. The largest absolute Gasteiger partial charge is 0.458 e. The highest BCUT2D eigenvalue weighted by Crippen LogP contribution is 2.33. The zero-order valence-corrected chi connectivity index (χ0v) is 14.6. The Morgan fingerprint density at radius 2 is 1.95 bits per heavy atom. The van der Waals surface area contributed by atoms with Gasteiger partial charge in [0.1, 0.15) is 5.60 Å². The fourth-order valence-corrected chi connectivity index (χ4v) is 3.54. The number of esters is 1. The van der Waals surface area contributed by atoms with Crippen molar-refractivity contribution in [2.24, 2.45) is 5.92 Å². The molecule has 3 nitrogen and oxygen atoms in total. The number of likely N-dealkylation sites (tertiary alicyclic amines) is 1. The van der Waals surface area contributed by atoms with E-state index in [4.69, 9.17) is 4.74 Å². The summed E-state index contributed by atoms with van der Waals surface area (Å²) < 4.78 is 6.04. The lowest BCUT2D eigenvalue weighted by Gasteiger charge is -2.46. The van der Waals surface area contributed by atoms with Gasteiger partial charge in [-0.2, -0.15) is 0 Å². The fraction of sp³-hybridized carbons (Fsp3) is 0.632. The molecule has 1 aliphatic rings. The third kappa shape index (κ3) is 3.70. The Balaban J connectivity index is 2.28. The standard InChI is InChI=1S/C19H29NO2/c1-6-18(21)22-19(11-16(4)20(5)13-15(19)3)12-17-9-7-14(2)8-10-17/h7-10,15-16H,6,11-13H2,1-5H3/p+1/t15-,16+,19+/m0/s1. The summed E-state index contributed by atoms with van der Waals surface area (Å²) in [5, 5.41) is 0. The highest BCUT2D eigenvalue weighted by atomic mass is 16.6. The van der Waals surface area contributed by atoms with E-state index in [9.17, 15) is 4.79 Å². The maximum atomic E-state index is 12.0. The van der Waals surface area contributed by atoms with Gasteiger partial charge in [0.05, 0.1) is 19.6 Å². The average molecular weight is 304 g/mol. The first-order chi connectivity index (χ1) is 10.4. The molecule has 2 rings (SSSR count). The smallest absolute Gasteiger partial charge is 0.306 e. The summed E-state index contributed by atoms with van der Waals surface area (Å²) in [5.74, 6) is 0.284. The summed E-state index contributed by atoms with van der Waals surface area (Å²) in [6, 6.07) is 9.11. The molecule has 0 saturated carbocycles. The number of benzene rings is 1. The molecule has 1 saturated heterocycles. The number of rotatable bonds is 4. The Bertz CT molecular complexity index is 511. The second-order valence-electron chi connectivity index (χ2n) is 7.11. The number of aryl methyl sites for hydroxylation is 1. The van der Waals surface area contributed by atoms with Crippen molar-refractivity contribution in [3.8, 4) is 0 Å². The first-order valence-electron chi connectivity index (χ1n) is 8.46. The fourth-order valence-electron chi connectivity index (χ4n) is 3.54. The van der Waals surface area contributed by atoms with Crippen LogP contribution in [0.3, 0.4) is 0 Å². The molecule has 0 aromatic heterocycles. The Hall–Kier alpha value is -1.35. The highest BCUT2D eigenvalue weighted by molar-refractivity contribution is 5.69. The summed E-state index contributed by atoms with van der Waals surface area (Å²) in [4.78, 5) is 13.6. The summed E-state index contributed by atoms with van der Waals surface area (Å²) in [7, 11) is 2.23. The summed E-state index contributed by atoms with van der Waals surface area (Å²) >= 11 is 0. The molecule has 1 aromatic carbocycles. The van der Waals surface area contributed by atoms with Crippen LogP contribution < -0.4 is 4.90 Å². The van der Waals surface area contributed by atoms with E-state index < -0.39 is 0 Å². The number of nitrogens with one attached hydrogen (secondary N) is 1. The molecule has 0 bridgehead atoms. The molecule has 0 radical (unpaired) electrons. The van der Waals surface area contributed by atoms with Gasteiger partial charge in [-0.3, -0.25) is 4.79 Å². The number of quaternary nitrogens is 1. The summed E-state index contributed by atoms with van der Waals surface area (Å²) in [5.41, 5.74) is 2.16. The lowest BCUT2D eigenvalue weighted by atomic mass is 9.75. The SMILES string of the molecule is CCC(=O)O[C@@]1(Cc2ccc(C)cc2)C[C@@H](C)[NH+](C)C[C@@H]1C. The molecular weight excluding hydrogens is 274 g/mol. The summed E-state index contributed by atoms with van der Waals surface area (Å²) in [6.45, 7) is 9.50. The van der Waals surface area contributed by atoms with Gasteiger partial charge >= 0.3 is 5.97 Å². The lowest BCUT2D eigenvalue weighted by molar-refractivity contribution is -0.915. The molecule has 4 atom stereocenters. The first-order valence-corrected chi connectivity index (χ1v) is 8.46. The highest BCUT2D eigenvalue weighted by Gasteiger charge is 2.48. The monoisotopic (exact) mass is 304 g/mol. The van der Waals surface area contributed by atoms with Crippen LogP contribution in [0.5, 0.6) is 0 Å². The van der Waals surface area contributed by atoms with Gasteiger partial charge < -0.3 is 9.64 Å². The molecule has 1 heterocycles.